The van der Waals surface area contributed by atoms with Crippen LogP contribution in [0.5, 0.6) is 0 Å². The second-order valence-corrected chi connectivity index (χ2v) is 6.68. The summed E-state index contributed by atoms with van der Waals surface area (Å²) in [6.45, 7) is 0. The van der Waals surface area contributed by atoms with Gasteiger partial charge in [0.1, 0.15) is 18.3 Å². The highest BCUT2D eigenvalue weighted by molar-refractivity contribution is 5.89. The highest BCUT2D eigenvalue weighted by atomic mass is 16.6. The quantitative estimate of drug-likeness (QED) is 0.266. The zero-order valence-corrected chi connectivity index (χ0v) is 18.2. The van der Waals surface area contributed by atoms with E-state index in [9.17, 15) is 19.7 Å². The second-order valence-electron chi connectivity index (χ2n) is 6.68. The number of nitrogens with zero attached hydrogens (tertiary/aromatic N) is 5. The van der Waals surface area contributed by atoms with Crippen molar-refractivity contribution in [3.05, 3.63) is 94.8 Å². The number of rotatable bonds is 5. The van der Waals surface area contributed by atoms with Crippen molar-refractivity contribution in [3.8, 4) is 11.4 Å². The number of methoxy groups -OCH3 is 2. The standard InChI is InChI=1S/C11H9N3O4.C11H11N3O2/c1-18-11(15)8-2-4-9(5-3-8)13-6-10(12-7-13)14(16)17;1-16-11(15)8-2-4-9(5-3-8)14-6-10(12)13-7-14/h2-7H,1H3;2-7H,12H2,1H3. The van der Waals surface area contributed by atoms with Gasteiger partial charge in [-0.15, -0.1) is 0 Å². The van der Waals surface area contributed by atoms with E-state index in [1.807, 2.05) is 0 Å². The van der Waals surface area contributed by atoms with Gasteiger partial charge < -0.3 is 29.9 Å². The highest BCUT2D eigenvalue weighted by Crippen LogP contribution is 2.14. The molecular weight excluding hydrogens is 444 g/mol. The summed E-state index contributed by atoms with van der Waals surface area (Å²) in [6, 6.07) is 13.4. The van der Waals surface area contributed by atoms with Crippen LogP contribution in [-0.4, -0.2) is 50.2 Å². The number of imidazole rings is 2. The molecule has 0 unspecified atom stereocenters. The molecule has 0 radical (unpaired) electrons. The van der Waals surface area contributed by atoms with E-state index >= 15 is 0 Å². The van der Waals surface area contributed by atoms with Crippen molar-refractivity contribution in [2.75, 3.05) is 20.0 Å². The van der Waals surface area contributed by atoms with Crippen LogP contribution in [0.3, 0.4) is 0 Å². The summed E-state index contributed by atoms with van der Waals surface area (Å²) in [4.78, 5) is 39.9. The van der Waals surface area contributed by atoms with Gasteiger partial charge in [-0.25, -0.2) is 14.6 Å². The Kier molecular flexibility index (Phi) is 7.34. The molecule has 4 rings (SSSR count). The molecular formula is C22H20N6O6. The second kappa shape index (κ2) is 10.5. The Labute approximate surface area is 193 Å². The minimum atomic E-state index is -0.570. The molecule has 0 aliphatic carbocycles. The Bertz CT molecular complexity index is 1290. The largest absolute Gasteiger partial charge is 0.465 e. The number of carbonyl (C=O) groups excluding carboxylic acids is 2. The number of anilines is 1. The molecule has 0 saturated heterocycles. The van der Waals surface area contributed by atoms with Crippen LogP contribution in [-0.2, 0) is 9.47 Å². The average molecular weight is 464 g/mol. The van der Waals surface area contributed by atoms with Crippen LogP contribution in [0, 0.1) is 10.1 Å². The summed E-state index contributed by atoms with van der Waals surface area (Å²) in [7, 11) is 2.66. The lowest BCUT2D eigenvalue weighted by Gasteiger charge is -2.03. The van der Waals surface area contributed by atoms with Crippen molar-refractivity contribution in [2.24, 2.45) is 0 Å². The maximum Gasteiger partial charge on any atom is 0.381 e. The minimum absolute atomic E-state index is 0.230. The molecule has 12 nitrogen and oxygen atoms in total. The molecule has 0 fully saturated rings. The zero-order chi connectivity index (χ0) is 24.7. The van der Waals surface area contributed by atoms with Crippen LogP contribution in [0.4, 0.5) is 11.6 Å². The lowest BCUT2D eigenvalue weighted by atomic mass is 10.2. The maximum atomic E-state index is 11.2. The third kappa shape index (κ3) is 5.62. The predicted octanol–water partition coefficient (Wildman–Crippen LogP) is 2.81. The van der Waals surface area contributed by atoms with Gasteiger partial charge in [0, 0.05) is 11.4 Å². The smallest absolute Gasteiger partial charge is 0.381 e. The molecule has 2 aromatic heterocycles. The topological polar surface area (TPSA) is 157 Å². The molecule has 174 valence electrons. The number of carbonyl (C=O) groups is 2. The molecule has 0 amide bonds. The number of esters is 2. The predicted molar refractivity (Wildman–Crippen MR) is 121 cm³/mol. The molecule has 0 atom stereocenters. The van der Waals surface area contributed by atoms with Gasteiger partial charge in [-0.05, 0) is 58.4 Å². The van der Waals surface area contributed by atoms with Gasteiger partial charge in [0.15, 0.2) is 0 Å². The number of benzene rings is 2. The number of nitrogens with two attached hydrogens (primary N) is 1. The van der Waals surface area contributed by atoms with Gasteiger partial charge >= 0.3 is 17.8 Å². The first kappa shape index (κ1) is 23.7. The molecule has 0 bridgehead atoms. The van der Waals surface area contributed by atoms with Crippen molar-refractivity contribution in [1.82, 2.24) is 19.1 Å². The molecule has 0 aliphatic rings. The average Bonchev–Trinajstić information content (AvgIpc) is 3.53. The molecule has 34 heavy (non-hydrogen) atoms. The van der Waals surface area contributed by atoms with Crippen LogP contribution in [0.2, 0.25) is 0 Å². The third-order valence-electron chi connectivity index (χ3n) is 4.53. The van der Waals surface area contributed by atoms with Crippen LogP contribution in [0.1, 0.15) is 20.7 Å². The summed E-state index contributed by atoms with van der Waals surface area (Å²) in [5.41, 5.74) is 7.99. The molecule has 0 saturated carbocycles. The van der Waals surface area contributed by atoms with Gasteiger partial charge in [0.2, 0.25) is 6.33 Å². The number of aromatic nitrogens is 4. The fourth-order valence-corrected chi connectivity index (χ4v) is 2.80. The van der Waals surface area contributed by atoms with Gasteiger partial charge in [0.05, 0.1) is 31.5 Å². The van der Waals surface area contributed by atoms with E-state index in [0.717, 1.165) is 5.69 Å². The summed E-state index contributed by atoms with van der Waals surface area (Å²) in [5.74, 6) is -0.557. The summed E-state index contributed by atoms with van der Waals surface area (Å²) in [5, 5.41) is 10.5. The van der Waals surface area contributed by atoms with E-state index in [2.05, 4.69) is 19.4 Å². The molecule has 0 aliphatic heterocycles. The van der Waals surface area contributed by atoms with Crippen LogP contribution >= 0.6 is 0 Å². The van der Waals surface area contributed by atoms with E-state index in [4.69, 9.17) is 5.73 Å². The molecule has 4 aromatic rings. The van der Waals surface area contributed by atoms with Crippen LogP contribution in [0.15, 0.2) is 73.6 Å². The van der Waals surface area contributed by atoms with E-state index in [1.165, 1.54) is 31.3 Å². The van der Waals surface area contributed by atoms with Crippen LogP contribution < -0.4 is 5.73 Å². The van der Waals surface area contributed by atoms with Crippen molar-refractivity contribution in [2.45, 2.75) is 0 Å². The van der Waals surface area contributed by atoms with Crippen molar-refractivity contribution in [3.63, 3.8) is 0 Å². The number of hydrogen-bond acceptors (Lipinski definition) is 9. The van der Waals surface area contributed by atoms with Gasteiger partial charge in [-0.1, -0.05) is 0 Å². The third-order valence-corrected chi connectivity index (χ3v) is 4.53. The molecule has 2 aromatic carbocycles. The Morgan fingerprint density at radius 3 is 1.62 bits per heavy atom. The van der Waals surface area contributed by atoms with E-state index in [1.54, 1.807) is 65.6 Å². The first-order chi connectivity index (χ1) is 16.3. The minimum Gasteiger partial charge on any atom is -0.465 e. The fourth-order valence-electron chi connectivity index (χ4n) is 2.80. The first-order valence-electron chi connectivity index (χ1n) is 9.67. The lowest BCUT2D eigenvalue weighted by molar-refractivity contribution is -0.389. The number of hydrogen-bond donors (Lipinski definition) is 1. The van der Waals surface area contributed by atoms with Crippen molar-refractivity contribution >= 4 is 23.6 Å². The monoisotopic (exact) mass is 464 g/mol. The summed E-state index contributed by atoms with van der Waals surface area (Å²) >= 11 is 0. The van der Waals surface area contributed by atoms with E-state index in [0.29, 0.717) is 22.6 Å². The Balaban J connectivity index is 0.000000192. The number of ether oxygens (including phenoxy) is 2. The van der Waals surface area contributed by atoms with Crippen molar-refractivity contribution < 1.29 is 24.0 Å². The molecule has 12 heteroatoms. The summed E-state index contributed by atoms with van der Waals surface area (Å²) in [6.07, 6.45) is 5.95. The van der Waals surface area contributed by atoms with Crippen LogP contribution in [0.25, 0.3) is 11.4 Å². The Hall–Kier alpha value is -5.00. The van der Waals surface area contributed by atoms with Gasteiger partial charge in [-0.3, -0.25) is 4.57 Å². The normalized spacial score (nSPS) is 10.1. The zero-order valence-electron chi connectivity index (χ0n) is 18.2. The number of nitrogen functional groups attached to an aromatic ring is 1. The fraction of sp³-hybridized carbons (Fsp3) is 0.0909. The highest BCUT2D eigenvalue weighted by Gasteiger charge is 2.11. The molecule has 0 spiro atoms. The van der Waals surface area contributed by atoms with Crippen molar-refractivity contribution in [1.29, 1.82) is 0 Å². The lowest BCUT2D eigenvalue weighted by Crippen LogP contribution is -2.01. The van der Waals surface area contributed by atoms with E-state index in [-0.39, 0.29) is 11.8 Å². The van der Waals surface area contributed by atoms with Gasteiger partial charge in [-0.2, -0.15) is 0 Å². The van der Waals surface area contributed by atoms with E-state index < -0.39 is 10.9 Å². The summed E-state index contributed by atoms with van der Waals surface area (Å²) < 4.78 is 12.5. The number of nitro groups is 1. The Morgan fingerprint density at radius 1 is 0.824 bits per heavy atom. The molecule has 2 heterocycles. The first-order valence-corrected chi connectivity index (χ1v) is 9.67. The Morgan fingerprint density at radius 2 is 1.26 bits per heavy atom. The molecule has 2 N–H and O–H groups in total. The maximum absolute atomic E-state index is 11.2. The SMILES string of the molecule is COC(=O)c1ccc(-n2cnc(N)c2)cc1.COC(=O)c1ccc(-n2cnc([N+](=O)[O-])c2)cc1. The van der Waals surface area contributed by atoms with Gasteiger partial charge in [0.25, 0.3) is 0 Å².